The molecule has 0 aliphatic rings. The van der Waals surface area contributed by atoms with Crippen LogP contribution >= 0.6 is 0 Å². The Morgan fingerprint density at radius 3 is 2.72 bits per heavy atom. The molecule has 2 rings (SSSR count). The lowest BCUT2D eigenvalue weighted by Gasteiger charge is -2.09. The molecule has 0 aliphatic heterocycles. The number of hydrogen-bond acceptors (Lipinski definition) is 3. The Hall–Kier alpha value is -1.58. The van der Waals surface area contributed by atoms with E-state index in [2.05, 4.69) is 23.5 Å². The molecule has 0 radical (unpaired) electrons. The first kappa shape index (κ1) is 12.9. The highest BCUT2D eigenvalue weighted by molar-refractivity contribution is 5.88. The quantitative estimate of drug-likeness (QED) is 0.734. The summed E-state index contributed by atoms with van der Waals surface area (Å²) in [5.41, 5.74) is 5.40. The number of benzene rings is 2. The average molecular weight is 244 g/mol. The Morgan fingerprint density at radius 2 is 1.83 bits per heavy atom. The number of hydrogen-bond donors (Lipinski definition) is 2. The number of rotatable bonds is 7. The Morgan fingerprint density at radius 1 is 1.00 bits per heavy atom. The fourth-order valence-electron chi connectivity index (χ4n) is 1.93. The van der Waals surface area contributed by atoms with Crippen LogP contribution in [0.3, 0.4) is 0 Å². The zero-order valence-corrected chi connectivity index (χ0v) is 10.6. The summed E-state index contributed by atoms with van der Waals surface area (Å²) in [6.07, 6.45) is 0.989. The number of fused-ring (bicyclic) bond motifs is 1. The predicted octanol–water partition coefficient (Wildman–Crippen LogP) is 2.16. The van der Waals surface area contributed by atoms with Crippen LogP contribution in [0.5, 0.6) is 5.75 Å². The maximum absolute atomic E-state index is 5.83. The summed E-state index contributed by atoms with van der Waals surface area (Å²) in [5.74, 6) is 0.965. The molecule has 96 valence electrons. The maximum atomic E-state index is 5.83. The van der Waals surface area contributed by atoms with Gasteiger partial charge in [-0.3, -0.25) is 0 Å². The zero-order chi connectivity index (χ0) is 12.6. The molecule has 0 saturated carbocycles. The van der Waals surface area contributed by atoms with E-state index < -0.39 is 0 Å². The molecule has 2 aromatic rings. The summed E-state index contributed by atoms with van der Waals surface area (Å²) >= 11 is 0. The van der Waals surface area contributed by atoms with E-state index in [1.54, 1.807) is 0 Å². The van der Waals surface area contributed by atoms with Gasteiger partial charge in [0.25, 0.3) is 0 Å². The summed E-state index contributed by atoms with van der Waals surface area (Å²) in [4.78, 5) is 0. The summed E-state index contributed by atoms with van der Waals surface area (Å²) < 4.78 is 5.83. The van der Waals surface area contributed by atoms with Crippen LogP contribution in [0.2, 0.25) is 0 Å². The van der Waals surface area contributed by atoms with Crippen molar-refractivity contribution in [2.24, 2.45) is 5.73 Å². The molecule has 0 unspecified atom stereocenters. The smallest absolute Gasteiger partial charge is 0.127 e. The minimum Gasteiger partial charge on any atom is -0.493 e. The Balaban J connectivity index is 1.88. The predicted molar refractivity (Wildman–Crippen MR) is 76.0 cm³/mol. The van der Waals surface area contributed by atoms with Crippen LogP contribution in [0.25, 0.3) is 10.8 Å². The topological polar surface area (TPSA) is 47.3 Å². The van der Waals surface area contributed by atoms with Crippen molar-refractivity contribution < 1.29 is 4.74 Å². The van der Waals surface area contributed by atoms with Gasteiger partial charge in [-0.2, -0.15) is 0 Å². The molecule has 18 heavy (non-hydrogen) atoms. The van der Waals surface area contributed by atoms with Gasteiger partial charge < -0.3 is 15.8 Å². The zero-order valence-electron chi connectivity index (χ0n) is 10.6. The molecule has 0 saturated heterocycles. The van der Waals surface area contributed by atoms with Crippen LogP contribution < -0.4 is 15.8 Å². The monoisotopic (exact) mass is 244 g/mol. The van der Waals surface area contributed by atoms with Crippen molar-refractivity contribution in [2.75, 3.05) is 26.2 Å². The van der Waals surface area contributed by atoms with E-state index in [9.17, 15) is 0 Å². The fourth-order valence-corrected chi connectivity index (χ4v) is 1.93. The van der Waals surface area contributed by atoms with E-state index in [4.69, 9.17) is 10.5 Å². The van der Waals surface area contributed by atoms with Crippen LogP contribution in [-0.4, -0.2) is 26.2 Å². The summed E-state index contributed by atoms with van der Waals surface area (Å²) in [6.45, 7) is 3.23. The normalized spacial score (nSPS) is 10.7. The van der Waals surface area contributed by atoms with Gasteiger partial charge in [0.1, 0.15) is 5.75 Å². The Kier molecular flexibility index (Phi) is 5.00. The SMILES string of the molecule is NCCNCCCOc1cccc2ccccc12. The van der Waals surface area contributed by atoms with Gasteiger partial charge in [0.15, 0.2) is 0 Å². The van der Waals surface area contributed by atoms with Gasteiger partial charge >= 0.3 is 0 Å². The molecule has 0 aliphatic carbocycles. The number of ether oxygens (including phenoxy) is 1. The van der Waals surface area contributed by atoms with Crippen molar-refractivity contribution >= 4 is 10.8 Å². The van der Waals surface area contributed by atoms with Crippen LogP contribution in [0.15, 0.2) is 42.5 Å². The van der Waals surface area contributed by atoms with Crippen molar-refractivity contribution in [1.29, 1.82) is 0 Å². The van der Waals surface area contributed by atoms with Gasteiger partial charge in [0.2, 0.25) is 0 Å². The van der Waals surface area contributed by atoms with E-state index in [-0.39, 0.29) is 0 Å². The molecule has 0 atom stereocenters. The van der Waals surface area contributed by atoms with Gasteiger partial charge in [0.05, 0.1) is 6.61 Å². The second-order valence-corrected chi connectivity index (χ2v) is 4.22. The van der Waals surface area contributed by atoms with Crippen molar-refractivity contribution in [1.82, 2.24) is 5.32 Å². The van der Waals surface area contributed by atoms with Crippen molar-refractivity contribution in [3.8, 4) is 5.75 Å². The molecular formula is C15H20N2O. The molecule has 0 heterocycles. The standard InChI is InChI=1S/C15H20N2O/c16-9-11-17-10-4-12-18-15-8-3-6-13-5-1-2-7-14(13)15/h1-3,5-8,17H,4,9-12,16H2. The third-order valence-electron chi connectivity index (χ3n) is 2.83. The minimum absolute atomic E-state index is 0.685. The molecule has 0 aromatic heterocycles. The lowest BCUT2D eigenvalue weighted by atomic mass is 10.1. The van der Waals surface area contributed by atoms with E-state index in [0.29, 0.717) is 6.54 Å². The lowest BCUT2D eigenvalue weighted by Crippen LogP contribution is -2.24. The van der Waals surface area contributed by atoms with Gasteiger partial charge in [-0.25, -0.2) is 0 Å². The third-order valence-corrected chi connectivity index (χ3v) is 2.83. The Labute approximate surface area is 108 Å². The van der Waals surface area contributed by atoms with E-state index in [1.807, 2.05) is 24.3 Å². The Bertz CT molecular complexity index is 479. The highest BCUT2D eigenvalue weighted by Gasteiger charge is 2.00. The molecule has 0 amide bonds. The molecule has 3 nitrogen and oxygen atoms in total. The first-order valence-corrected chi connectivity index (χ1v) is 6.43. The van der Waals surface area contributed by atoms with E-state index >= 15 is 0 Å². The first-order valence-electron chi connectivity index (χ1n) is 6.43. The van der Waals surface area contributed by atoms with Crippen molar-refractivity contribution in [3.63, 3.8) is 0 Å². The summed E-state index contributed by atoms with van der Waals surface area (Å²) in [6, 6.07) is 14.4. The summed E-state index contributed by atoms with van der Waals surface area (Å²) in [5, 5.41) is 5.65. The lowest BCUT2D eigenvalue weighted by molar-refractivity contribution is 0.312. The average Bonchev–Trinajstić information content (AvgIpc) is 2.43. The van der Waals surface area contributed by atoms with Gasteiger partial charge in [-0.05, 0) is 24.4 Å². The molecule has 2 aromatic carbocycles. The van der Waals surface area contributed by atoms with Crippen LogP contribution in [0.4, 0.5) is 0 Å². The van der Waals surface area contributed by atoms with Crippen LogP contribution in [0, 0.1) is 0 Å². The molecule has 0 spiro atoms. The molecule has 3 heteroatoms. The molecule has 3 N–H and O–H groups in total. The second kappa shape index (κ2) is 6.99. The molecule has 0 fully saturated rings. The summed E-state index contributed by atoms with van der Waals surface area (Å²) in [7, 11) is 0. The van der Waals surface area contributed by atoms with Crippen LogP contribution in [0.1, 0.15) is 6.42 Å². The fraction of sp³-hybridized carbons (Fsp3) is 0.333. The number of nitrogens with two attached hydrogens (primary N) is 1. The molecular weight excluding hydrogens is 224 g/mol. The first-order chi connectivity index (χ1) is 8.92. The second-order valence-electron chi connectivity index (χ2n) is 4.22. The van der Waals surface area contributed by atoms with Gasteiger partial charge in [-0.1, -0.05) is 36.4 Å². The van der Waals surface area contributed by atoms with Crippen molar-refractivity contribution in [3.05, 3.63) is 42.5 Å². The highest BCUT2D eigenvalue weighted by atomic mass is 16.5. The minimum atomic E-state index is 0.685. The van der Waals surface area contributed by atoms with E-state index in [1.165, 1.54) is 10.8 Å². The van der Waals surface area contributed by atoms with Crippen LogP contribution in [-0.2, 0) is 0 Å². The molecule has 0 bridgehead atoms. The van der Waals surface area contributed by atoms with Crippen molar-refractivity contribution in [2.45, 2.75) is 6.42 Å². The highest BCUT2D eigenvalue weighted by Crippen LogP contribution is 2.24. The third kappa shape index (κ3) is 3.45. The van der Waals surface area contributed by atoms with Gasteiger partial charge in [0, 0.05) is 18.5 Å². The maximum Gasteiger partial charge on any atom is 0.127 e. The largest absolute Gasteiger partial charge is 0.493 e. The van der Waals surface area contributed by atoms with Gasteiger partial charge in [-0.15, -0.1) is 0 Å². The van der Waals surface area contributed by atoms with E-state index in [0.717, 1.165) is 31.9 Å². The number of nitrogens with one attached hydrogen (secondary N) is 1.